The minimum atomic E-state index is -0.625. The number of carbonyl (C=O) groups excluding carboxylic acids is 2. The molecule has 0 saturated carbocycles. The van der Waals surface area contributed by atoms with Crippen LogP contribution in [0.1, 0.15) is 34.8 Å². The molecule has 0 bridgehead atoms. The molecule has 1 atom stereocenters. The van der Waals surface area contributed by atoms with Crippen LogP contribution in [0.15, 0.2) is 36.7 Å². The van der Waals surface area contributed by atoms with Crippen LogP contribution in [0.25, 0.3) is 0 Å². The Morgan fingerprint density at radius 3 is 2.65 bits per heavy atom. The maximum atomic E-state index is 12.8. The highest BCUT2D eigenvalue weighted by Gasteiger charge is 2.31. The molecule has 120 valence electrons. The smallest absolute Gasteiger partial charge is 0.316 e. The summed E-state index contributed by atoms with van der Waals surface area (Å²) in [5.41, 5.74) is 7.30. The van der Waals surface area contributed by atoms with Crippen molar-refractivity contribution in [2.24, 2.45) is 12.8 Å². The number of primary amides is 1. The summed E-state index contributed by atoms with van der Waals surface area (Å²) in [6.45, 7) is 0.736. The molecule has 7 heteroatoms. The van der Waals surface area contributed by atoms with Gasteiger partial charge in [-0.05, 0) is 37.1 Å². The molecule has 3 rings (SSSR count). The van der Waals surface area contributed by atoms with Crippen molar-refractivity contribution in [2.75, 3.05) is 11.9 Å². The van der Waals surface area contributed by atoms with Gasteiger partial charge in [-0.2, -0.15) is 5.10 Å². The highest BCUT2D eigenvalue weighted by Crippen LogP contribution is 2.32. The van der Waals surface area contributed by atoms with Crippen LogP contribution in [-0.2, 0) is 7.05 Å². The molecular formula is C16H19N5O2. The largest absolute Gasteiger partial charge is 0.351 e. The summed E-state index contributed by atoms with van der Waals surface area (Å²) < 4.78 is 1.75. The fraction of sp³-hybridized carbons (Fsp3) is 0.312. The molecule has 1 unspecified atom stereocenters. The van der Waals surface area contributed by atoms with Gasteiger partial charge >= 0.3 is 6.03 Å². The lowest BCUT2D eigenvalue weighted by Gasteiger charge is -2.24. The summed E-state index contributed by atoms with van der Waals surface area (Å²) in [6.07, 6.45) is 5.69. The molecule has 3 N–H and O–H groups in total. The molecule has 0 spiro atoms. The lowest BCUT2D eigenvalue weighted by Crippen LogP contribution is -2.30. The molecule has 1 saturated heterocycles. The zero-order valence-corrected chi connectivity index (χ0v) is 12.9. The van der Waals surface area contributed by atoms with Gasteiger partial charge in [0.15, 0.2) is 0 Å². The molecule has 3 amide bonds. The number of benzene rings is 1. The monoisotopic (exact) mass is 313 g/mol. The fourth-order valence-electron chi connectivity index (χ4n) is 2.97. The second-order valence-corrected chi connectivity index (χ2v) is 5.67. The van der Waals surface area contributed by atoms with Crippen LogP contribution in [0.2, 0.25) is 0 Å². The Kier molecular flexibility index (Phi) is 4.01. The minimum absolute atomic E-state index is 0.0121. The average molecular weight is 313 g/mol. The third-order valence-corrected chi connectivity index (χ3v) is 4.02. The number of hydrogen-bond acceptors (Lipinski definition) is 3. The van der Waals surface area contributed by atoms with Gasteiger partial charge in [-0.1, -0.05) is 0 Å². The van der Waals surface area contributed by atoms with Gasteiger partial charge in [0.25, 0.3) is 5.91 Å². The van der Waals surface area contributed by atoms with Gasteiger partial charge in [-0.15, -0.1) is 0 Å². The maximum absolute atomic E-state index is 12.8. The van der Waals surface area contributed by atoms with Crippen molar-refractivity contribution in [1.29, 1.82) is 0 Å². The van der Waals surface area contributed by atoms with E-state index in [4.69, 9.17) is 5.73 Å². The second kappa shape index (κ2) is 6.12. The Hall–Kier alpha value is -2.83. The Bertz CT molecular complexity index is 722. The topological polar surface area (TPSA) is 93.3 Å². The number of amides is 3. The lowest BCUT2D eigenvalue weighted by molar-refractivity contribution is 0.0735. The molecule has 1 aromatic carbocycles. The summed E-state index contributed by atoms with van der Waals surface area (Å²) in [5, 5.41) is 6.67. The van der Waals surface area contributed by atoms with Gasteiger partial charge in [0.05, 0.1) is 12.2 Å². The van der Waals surface area contributed by atoms with Crippen molar-refractivity contribution in [3.8, 4) is 0 Å². The van der Waals surface area contributed by atoms with Crippen molar-refractivity contribution in [1.82, 2.24) is 14.7 Å². The number of anilines is 1. The summed E-state index contributed by atoms with van der Waals surface area (Å²) in [7, 11) is 1.87. The van der Waals surface area contributed by atoms with E-state index in [2.05, 4.69) is 10.4 Å². The number of hydrogen-bond donors (Lipinski definition) is 2. The number of urea groups is 1. The van der Waals surface area contributed by atoms with E-state index in [9.17, 15) is 9.59 Å². The molecule has 7 nitrogen and oxygen atoms in total. The summed E-state index contributed by atoms with van der Waals surface area (Å²) in [6, 6.07) is 6.19. The maximum Gasteiger partial charge on any atom is 0.316 e. The number of nitrogens with two attached hydrogens (primary N) is 1. The van der Waals surface area contributed by atoms with E-state index >= 15 is 0 Å². The van der Waals surface area contributed by atoms with Crippen molar-refractivity contribution in [3.63, 3.8) is 0 Å². The van der Waals surface area contributed by atoms with E-state index in [0.717, 1.165) is 24.9 Å². The fourth-order valence-corrected chi connectivity index (χ4v) is 2.97. The molecule has 1 aromatic heterocycles. The van der Waals surface area contributed by atoms with Crippen LogP contribution in [0.3, 0.4) is 0 Å². The normalized spacial score (nSPS) is 17.3. The molecule has 23 heavy (non-hydrogen) atoms. The van der Waals surface area contributed by atoms with Crippen molar-refractivity contribution in [2.45, 2.75) is 18.9 Å². The van der Waals surface area contributed by atoms with E-state index in [0.29, 0.717) is 11.3 Å². The number of likely N-dealkylation sites (tertiary alicyclic amines) is 1. The van der Waals surface area contributed by atoms with Crippen LogP contribution in [0.5, 0.6) is 0 Å². The molecule has 1 aliphatic heterocycles. The molecule has 2 aromatic rings. The Balaban J connectivity index is 1.77. The molecule has 1 aliphatic rings. The number of aryl methyl sites for hydroxylation is 1. The minimum Gasteiger partial charge on any atom is -0.351 e. The third kappa shape index (κ3) is 3.18. The van der Waals surface area contributed by atoms with Gasteiger partial charge in [0, 0.05) is 36.6 Å². The Morgan fingerprint density at radius 1 is 1.30 bits per heavy atom. The Morgan fingerprint density at radius 2 is 2.04 bits per heavy atom. The third-order valence-electron chi connectivity index (χ3n) is 4.02. The number of nitrogens with zero attached hydrogens (tertiary/aromatic N) is 3. The van der Waals surface area contributed by atoms with Gasteiger partial charge in [-0.25, -0.2) is 4.79 Å². The predicted octanol–water partition coefficient (Wildman–Crippen LogP) is 1.89. The average Bonchev–Trinajstić information content (AvgIpc) is 3.15. The summed E-state index contributed by atoms with van der Waals surface area (Å²) >= 11 is 0. The highest BCUT2D eigenvalue weighted by atomic mass is 16.2. The zero-order chi connectivity index (χ0) is 16.4. The summed E-state index contributed by atoms with van der Waals surface area (Å²) in [4.78, 5) is 25.5. The first-order valence-electron chi connectivity index (χ1n) is 7.50. The van der Waals surface area contributed by atoms with Crippen molar-refractivity contribution >= 4 is 17.6 Å². The summed E-state index contributed by atoms with van der Waals surface area (Å²) in [5.74, 6) is -0.0121. The molecular weight excluding hydrogens is 294 g/mol. The van der Waals surface area contributed by atoms with E-state index in [-0.39, 0.29) is 11.9 Å². The first-order chi connectivity index (χ1) is 11.0. The van der Waals surface area contributed by atoms with Crippen LogP contribution in [0.4, 0.5) is 10.5 Å². The van der Waals surface area contributed by atoms with Crippen molar-refractivity contribution in [3.05, 3.63) is 47.8 Å². The van der Waals surface area contributed by atoms with E-state index in [1.807, 2.05) is 24.3 Å². The van der Waals surface area contributed by atoms with E-state index in [1.165, 1.54) is 0 Å². The lowest BCUT2D eigenvalue weighted by atomic mass is 10.1. The Labute approximate surface area is 134 Å². The molecule has 2 heterocycles. The van der Waals surface area contributed by atoms with E-state index in [1.54, 1.807) is 28.9 Å². The molecule has 0 aliphatic carbocycles. The number of nitrogens with one attached hydrogen (secondary N) is 1. The number of aromatic nitrogens is 2. The first-order valence-corrected chi connectivity index (χ1v) is 7.50. The highest BCUT2D eigenvalue weighted by molar-refractivity contribution is 5.95. The van der Waals surface area contributed by atoms with Gasteiger partial charge in [-0.3, -0.25) is 9.48 Å². The van der Waals surface area contributed by atoms with Crippen LogP contribution in [-0.4, -0.2) is 33.2 Å². The van der Waals surface area contributed by atoms with Crippen LogP contribution < -0.4 is 11.1 Å². The van der Waals surface area contributed by atoms with Crippen molar-refractivity contribution < 1.29 is 9.59 Å². The van der Waals surface area contributed by atoms with Crippen LogP contribution in [0, 0.1) is 0 Å². The number of carbonyl (C=O) groups is 2. The molecule has 1 fully saturated rings. The quantitative estimate of drug-likeness (QED) is 0.906. The van der Waals surface area contributed by atoms with Gasteiger partial charge in [0.2, 0.25) is 0 Å². The van der Waals surface area contributed by atoms with Gasteiger partial charge in [0.1, 0.15) is 0 Å². The standard InChI is InChI=1S/C16H19N5O2/c1-20-10-12(9-18-20)14-3-2-8-21(14)15(22)11-4-6-13(7-5-11)19-16(17)23/h4-7,9-10,14H,2-3,8H2,1H3,(H3,17,19,23). The number of rotatable bonds is 3. The van der Waals surface area contributed by atoms with Gasteiger partial charge < -0.3 is 16.0 Å². The first kappa shape index (κ1) is 15.1. The SMILES string of the molecule is Cn1cc(C2CCCN2C(=O)c2ccc(NC(N)=O)cc2)cn1. The zero-order valence-electron chi connectivity index (χ0n) is 12.9. The van der Waals surface area contributed by atoms with Crippen LogP contribution >= 0.6 is 0 Å². The predicted molar refractivity (Wildman–Crippen MR) is 85.9 cm³/mol. The van der Waals surface area contributed by atoms with E-state index < -0.39 is 6.03 Å². The second-order valence-electron chi connectivity index (χ2n) is 5.67. The molecule has 0 radical (unpaired) electrons.